The number of hydrogen-bond acceptors (Lipinski definition) is 5. The van der Waals surface area contributed by atoms with Gasteiger partial charge in [-0.2, -0.15) is 0 Å². The first-order valence-corrected chi connectivity index (χ1v) is 9.42. The largest absolute Gasteiger partial charge is 0.385 e. The maximum atomic E-state index is 6.31. The molecule has 4 rings (SSSR count). The second-order valence-corrected chi connectivity index (χ2v) is 7.53. The third kappa shape index (κ3) is 4.09. The van der Waals surface area contributed by atoms with Crippen molar-refractivity contribution in [3.05, 3.63) is 48.5 Å². The Labute approximate surface area is 155 Å². The minimum Gasteiger partial charge on any atom is -0.385 e. The summed E-state index contributed by atoms with van der Waals surface area (Å²) in [6.45, 7) is 5.83. The van der Waals surface area contributed by atoms with Crippen LogP contribution in [-0.4, -0.2) is 59.5 Å². The fourth-order valence-corrected chi connectivity index (χ4v) is 3.97. The maximum Gasteiger partial charge on any atom is 0.122 e. The monoisotopic (exact) mass is 356 g/mol. The fourth-order valence-electron chi connectivity index (χ4n) is 3.97. The van der Waals surface area contributed by atoms with E-state index in [0.717, 1.165) is 51.6 Å². The van der Waals surface area contributed by atoms with Crippen LogP contribution in [0, 0.1) is 5.92 Å². The highest BCUT2D eigenvalue weighted by atomic mass is 16.5. The number of rotatable bonds is 5. The number of nitrogens with zero attached hydrogens (tertiary/aromatic N) is 3. The van der Waals surface area contributed by atoms with Crippen molar-refractivity contribution in [1.29, 1.82) is 0 Å². The summed E-state index contributed by atoms with van der Waals surface area (Å²) in [5.74, 6) is 1.59. The first-order valence-electron chi connectivity index (χ1n) is 9.42. The zero-order valence-electron chi connectivity index (χ0n) is 15.4. The lowest BCUT2D eigenvalue weighted by Gasteiger charge is -2.31. The van der Waals surface area contributed by atoms with Crippen molar-refractivity contribution >= 4 is 5.69 Å². The Balaban J connectivity index is 1.35. The minimum atomic E-state index is -0.190. The molecule has 2 aliphatic rings. The quantitative estimate of drug-likeness (QED) is 0.890. The molecule has 0 radical (unpaired) electrons. The smallest absolute Gasteiger partial charge is 0.122 e. The molecule has 1 N–H and O–H groups in total. The second-order valence-electron chi connectivity index (χ2n) is 7.53. The Morgan fingerprint density at radius 3 is 3.00 bits per heavy atom. The highest BCUT2D eigenvalue weighted by Crippen LogP contribution is 2.33. The van der Waals surface area contributed by atoms with Gasteiger partial charge in [0.05, 0.1) is 26.4 Å². The van der Waals surface area contributed by atoms with Crippen LogP contribution >= 0.6 is 0 Å². The van der Waals surface area contributed by atoms with E-state index < -0.39 is 0 Å². The van der Waals surface area contributed by atoms with Gasteiger partial charge in [-0.25, -0.2) is 4.98 Å². The molecule has 1 aromatic carbocycles. The number of hydrogen-bond donors (Lipinski definition) is 1. The van der Waals surface area contributed by atoms with Crippen LogP contribution in [0.3, 0.4) is 0 Å². The van der Waals surface area contributed by atoms with Crippen LogP contribution < -0.4 is 5.32 Å². The number of aromatic nitrogens is 2. The van der Waals surface area contributed by atoms with Crippen molar-refractivity contribution in [2.45, 2.75) is 18.6 Å². The molecule has 1 spiro atoms. The summed E-state index contributed by atoms with van der Waals surface area (Å²) in [6, 6.07) is 10.4. The molecule has 2 aliphatic heterocycles. The number of nitrogens with one attached hydrogen (secondary N) is 1. The Hall–Kier alpha value is -1.89. The zero-order chi connectivity index (χ0) is 17.8. The van der Waals surface area contributed by atoms with Crippen molar-refractivity contribution in [3.63, 3.8) is 0 Å². The number of benzene rings is 1. The van der Waals surface area contributed by atoms with E-state index in [1.165, 1.54) is 5.69 Å². The molecule has 140 valence electrons. The molecule has 6 heteroatoms. The second kappa shape index (κ2) is 7.78. The van der Waals surface area contributed by atoms with Crippen LogP contribution in [0.2, 0.25) is 0 Å². The van der Waals surface area contributed by atoms with Gasteiger partial charge in [0.15, 0.2) is 0 Å². The Morgan fingerprint density at radius 2 is 2.19 bits per heavy atom. The summed E-state index contributed by atoms with van der Waals surface area (Å²) >= 11 is 0. The number of anilines is 1. The van der Waals surface area contributed by atoms with Gasteiger partial charge in [0, 0.05) is 50.7 Å². The molecule has 0 saturated carbocycles. The topological polar surface area (TPSA) is 51.5 Å². The van der Waals surface area contributed by atoms with Gasteiger partial charge in [0.2, 0.25) is 0 Å². The van der Waals surface area contributed by atoms with Crippen molar-refractivity contribution in [1.82, 2.24) is 14.5 Å². The lowest BCUT2D eigenvalue weighted by molar-refractivity contribution is -0.0564. The summed E-state index contributed by atoms with van der Waals surface area (Å²) in [5, 5.41) is 3.53. The molecule has 0 bridgehead atoms. The highest BCUT2D eigenvalue weighted by Gasteiger charge is 2.43. The normalized spacial score (nSPS) is 26.9. The van der Waals surface area contributed by atoms with Crippen molar-refractivity contribution in [3.8, 4) is 0 Å². The number of ether oxygens (including phenoxy) is 2. The Bertz CT molecular complexity index is 705. The Morgan fingerprint density at radius 1 is 1.31 bits per heavy atom. The van der Waals surface area contributed by atoms with Crippen LogP contribution in [0.4, 0.5) is 5.69 Å². The van der Waals surface area contributed by atoms with E-state index >= 15 is 0 Å². The van der Waals surface area contributed by atoms with E-state index in [4.69, 9.17) is 9.47 Å². The first kappa shape index (κ1) is 17.5. The average molecular weight is 356 g/mol. The predicted octanol–water partition coefficient (Wildman–Crippen LogP) is 2.14. The summed E-state index contributed by atoms with van der Waals surface area (Å²) < 4.78 is 14.3. The summed E-state index contributed by atoms with van der Waals surface area (Å²) in [5.41, 5.74) is 0.979. The molecule has 0 amide bonds. The number of para-hydroxylation sites is 1. The van der Waals surface area contributed by atoms with Gasteiger partial charge in [-0.05, 0) is 18.6 Å². The lowest BCUT2D eigenvalue weighted by Crippen LogP contribution is -2.44. The molecule has 2 saturated heterocycles. The molecule has 3 heterocycles. The fraction of sp³-hybridized carbons (Fsp3) is 0.550. The molecule has 2 aromatic rings. The van der Waals surface area contributed by atoms with E-state index in [1.54, 1.807) is 0 Å². The molecule has 6 nitrogen and oxygen atoms in total. The standard InChI is InChI=1S/C20H28N4O2/c1-23-8-7-21-19(23)13-24-9-10-25-16-20(15-24)11-17(14-26-20)12-22-18-5-3-2-4-6-18/h2-8,17,22H,9-16H2,1H3. The van der Waals surface area contributed by atoms with Crippen molar-refractivity contribution in [2.75, 3.05) is 44.8 Å². The van der Waals surface area contributed by atoms with Gasteiger partial charge >= 0.3 is 0 Å². The Kier molecular flexibility index (Phi) is 5.24. The van der Waals surface area contributed by atoms with Crippen LogP contribution in [0.25, 0.3) is 0 Å². The van der Waals surface area contributed by atoms with Crippen LogP contribution in [0.15, 0.2) is 42.7 Å². The molecule has 1 aromatic heterocycles. The predicted molar refractivity (Wildman–Crippen MR) is 101 cm³/mol. The summed E-state index contributed by atoms with van der Waals surface area (Å²) in [7, 11) is 2.05. The van der Waals surface area contributed by atoms with Crippen LogP contribution in [0.5, 0.6) is 0 Å². The summed E-state index contributed by atoms with van der Waals surface area (Å²) in [4.78, 5) is 6.88. The number of imidazole rings is 1. The molecule has 2 atom stereocenters. The van der Waals surface area contributed by atoms with E-state index in [2.05, 4.69) is 44.0 Å². The molecular formula is C20H28N4O2. The first-order chi connectivity index (χ1) is 12.7. The molecule has 26 heavy (non-hydrogen) atoms. The molecule has 2 fully saturated rings. The third-order valence-corrected chi connectivity index (χ3v) is 5.37. The van der Waals surface area contributed by atoms with Crippen LogP contribution in [0.1, 0.15) is 12.2 Å². The van der Waals surface area contributed by atoms with E-state index in [1.807, 2.05) is 25.5 Å². The van der Waals surface area contributed by atoms with E-state index in [-0.39, 0.29) is 5.60 Å². The van der Waals surface area contributed by atoms with Gasteiger partial charge in [0.25, 0.3) is 0 Å². The third-order valence-electron chi connectivity index (χ3n) is 5.37. The van der Waals surface area contributed by atoms with Crippen LogP contribution in [-0.2, 0) is 23.1 Å². The maximum absolute atomic E-state index is 6.31. The summed E-state index contributed by atoms with van der Waals surface area (Å²) in [6.07, 6.45) is 4.89. The molecule has 0 aliphatic carbocycles. The zero-order valence-corrected chi connectivity index (χ0v) is 15.4. The molecule has 2 unspecified atom stereocenters. The van der Waals surface area contributed by atoms with Gasteiger partial charge in [-0.3, -0.25) is 4.90 Å². The van der Waals surface area contributed by atoms with E-state index in [9.17, 15) is 0 Å². The molecular weight excluding hydrogens is 328 g/mol. The minimum absolute atomic E-state index is 0.190. The number of aryl methyl sites for hydroxylation is 1. The lowest BCUT2D eigenvalue weighted by atomic mass is 9.94. The van der Waals surface area contributed by atoms with Gasteiger partial charge in [-0.1, -0.05) is 18.2 Å². The van der Waals surface area contributed by atoms with Gasteiger partial charge in [0.1, 0.15) is 11.4 Å². The average Bonchev–Trinajstić information content (AvgIpc) is 3.18. The van der Waals surface area contributed by atoms with Crippen molar-refractivity contribution in [2.24, 2.45) is 13.0 Å². The SMILES string of the molecule is Cn1ccnc1CN1CCOCC2(CC(CNc3ccccc3)CO2)C1. The highest BCUT2D eigenvalue weighted by molar-refractivity contribution is 5.42. The van der Waals surface area contributed by atoms with Gasteiger partial charge in [-0.15, -0.1) is 0 Å². The van der Waals surface area contributed by atoms with Crippen molar-refractivity contribution < 1.29 is 9.47 Å². The van der Waals surface area contributed by atoms with E-state index in [0.29, 0.717) is 12.5 Å². The van der Waals surface area contributed by atoms with Gasteiger partial charge < -0.3 is 19.4 Å².